The lowest BCUT2D eigenvalue weighted by molar-refractivity contribution is -0.124. The maximum atomic E-state index is 11.7. The van der Waals surface area contributed by atoms with Gasteiger partial charge in [0.05, 0.1) is 6.10 Å². The summed E-state index contributed by atoms with van der Waals surface area (Å²) < 4.78 is 0. The molecule has 0 heterocycles. The molecule has 2 atom stereocenters. The van der Waals surface area contributed by atoms with Crippen LogP contribution in [0.1, 0.15) is 25.8 Å². The van der Waals surface area contributed by atoms with E-state index in [0.29, 0.717) is 6.42 Å². The highest BCUT2D eigenvalue weighted by Crippen LogP contribution is 2.40. The van der Waals surface area contributed by atoms with Gasteiger partial charge in [-0.15, -0.1) is 0 Å². The van der Waals surface area contributed by atoms with Crippen molar-refractivity contribution in [3.63, 3.8) is 0 Å². The van der Waals surface area contributed by atoms with Crippen molar-refractivity contribution in [1.29, 1.82) is 0 Å². The molecule has 0 spiro atoms. The monoisotopic (exact) mass is 245 g/mol. The second-order valence-electron chi connectivity index (χ2n) is 5.38. The topological polar surface area (TPSA) is 49.3 Å². The number of aliphatic hydroxyl groups is 1. The molecule has 0 radical (unpaired) electrons. The summed E-state index contributed by atoms with van der Waals surface area (Å²) in [6, 6.07) is 9.75. The fraction of sp³-hybridized carbons (Fsp3) is 0.400. The third-order valence-electron chi connectivity index (χ3n) is 3.76. The predicted octanol–water partition coefficient (Wildman–Crippen LogP) is 1.98. The van der Waals surface area contributed by atoms with Crippen LogP contribution in [0.4, 0.5) is 0 Å². The van der Waals surface area contributed by atoms with Crippen molar-refractivity contribution >= 4 is 12.0 Å². The Morgan fingerprint density at radius 1 is 1.39 bits per heavy atom. The molecule has 0 bridgehead atoms. The Bertz CT molecular complexity index is 451. The third-order valence-corrected chi connectivity index (χ3v) is 3.76. The summed E-state index contributed by atoms with van der Waals surface area (Å²) in [6.07, 6.45) is 3.65. The second kappa shape index (κ2) is 4.94. The van der Waals surface area contributed by atoms with Gasteiger partial charge in [0.15, 0.2) is 0 Å². The number of hydrogen-bond acceptors (Lipinski definition) is 2. The highest BCUT2D eigenvalue weighted by molar-refractivity contribution is 5.92. The first-order valence-electron chi connectivity index (χ1n) is 6.22. The van der Waals surface area contributed by atoms with Gasteiger partial charge >= 0.3 is 0 Å². The van der Waals surface area contributed by atoms with Crippen LogP contribution in [0.3, 0.4) is 0 Å². The fourth-order valence-corrected chi connectivity index (χ4v) is 2.10. The lowest BCUT2D eigenvalue weighted by Gasteiger charge is -2.49. The van der Waals surface area contributed by atoms with Gasteiger partial charge in [-0.25, -0.2) is 0 Å². The average molecular weight is 245 g/mol. The molecule has 1 aromatic rings. The van der Waals surface area contributed by atoms with Gasteiger partial charge in [0.1, 0.15) is 0 Å². The number of amides is 1. The van der Waals surface area contributed by atoms with Crippen LogP contribution in [0.2, 0.25) is 0 Å². The molecule has 2 N–H and O–H groups in total. The quantitative estimate of drug-likeness (QED) is 0.800. The third kappa shape index (κ3) is 2.62. The van der Waals surface area contributed by atoms with Gasteiger partial charge in [0.25, 0.3) is 0 Å². The smallest absolute Gasteiger partial charge is 0.244 e. The van der Waals surface area contributed by atoms with Crippen LogP contribution in [0.25, 0.3) is 6.08 Å². The first kappa shape index (κ1) is 12.8. The van der Waals surface area contributed by atoms with E-state index < -0.39 is 0 Å². The van der Waals surface area contributed by atoms with Gasteiger partial charge in [0.2, 0.25) is 5.91 Å². The first-order chi connectivity index (χ1) is 8.50. The lowest BCUT2D eigenvalue weighted by atomic mass is 9.64. The number of benzene rings is 1. The summed E-state index contributed by atoms with van der Waals surface area (Å²) in [5.41, 5.74) is 0.775. The van der Waals surface area contributed by atoms with Gasteiger partial charge in [-0.3, -0.25) is 4.79 Å². The van der Waals surface area contributed by atoms with Crippen LogP contribution in [0.5, 0.6) is 0 Å². The highest BCUT2D eigenvalue weighted by Gasteiger charge is 2.47. The zero-order chi connectivity index (χ0) is 13.2. The molecule has 1 fully saturated rings. The molecule has 2 rings (SSSR count). The summed E-state index contributed by atoms with van der Waals surface area (Å²) in [5.74, 6) is -0.108. The first-order valence-corrected chi connectivity index (χ1v) is 6.22. The van der Waals surface area contributed by atoms with Crippen molar-refractivity contribution in [3.05, 3.63) is 42.0 Å². The fourth-order valence-electron chi connectivity index (χ4n) is 2.10. The molecule has 1 saturated carbocycles. The van der Waals surface area contributed by atoms with E-state index in [2.05, 4.69) is 5.32 Å². The van der Waals surface area contributed by atoms with Gasteiger partial charge < -0.3 is 10.4 Å². The van der Waals surface area contributed by atoms with Crippen LogP contribution in [0, 0.1) is 5.41 Å². The molecule has 1 aliphatic carbocycles. The normalized spacial score (nSPS) is 25.7. The number of carbonyl (C=O) groups is 1. The molecule has 0 saturated heterocycles. The van der Waals surface area contributed by atoms with Gasteiger partial charge in [0, 0.05) is 17.5 Å². The number of carbonyl (C=O) groups excluding carboxylic acids is 1. The van der Waals surface area contributed by atoms with E-state index in [0.717, 1.165) is 5.56 Å². The Morgan fingerprint density at radius 2 is 2.06 bits per heavy atom. The van der Waals surface area contributed by atoms with E-state index >= 15 is 0 Å². The summed E-state index contributed by atoms with van der Waals surface area (Å²) >= 11 is 0. The standard InChI is InChI=1S/C15H19NO2/c1-15(2)12(10-13(15)17)16-14(18)9-8-11-6-4-3-5-7-11/h3-9,12-13,17H,10H2,1-2H3,(H,16,18)/b9-8+. The lowest BCUT2D eigenvalue weighted by Crippen LogP contribution is -2.60. The van der Waals surface area contributed by atoms with E-state index in [1.807, 2.05) is 44.2 Å². The molecule has 0 aromatic heterocycles. The average Bonchev–Trinajstić information content (AvgIpc) is 2.37. The van der Waals surface area contributed by atoms with Crippen LogP contribution < -0.4 is 5.32 Å². The minimum Gasteiger partial charge on any atom is -0.392 e. The number of nitrogens with one attached hydrogen (secondary N) is 1. The van der Waals surface area contributed by atoms with Crippen molar-refractivity contribution in [2.75, 3.05) is 0 Å². The number of aliphatic hydroxyl groups excluding tert-OH is 1. The van der Waals surface area contributed by atoms with Gasteiger partial charge in [-0.2, -0.15) is 0 Å². The maximum Gasteiger partial charge on any atom is 0.244 e. The zero-order valence-corrected chi connectivity index (χ0v) is 10.8. The van der Waals surface area contributed by atoms with Crippen LogP contribution in [-0.4, -0.2) is 23.2 Å². The van der Waals surface area contributed by atoms with Crippen molar-refractivity contribution in [1.82, 2.24) is 5.32 Å². The summed E-state index contributed by atoms with van der Waals surface area (Å²) in [6.45, 7) is 3.93. The van der Waals surface area contributed by atoms with E-state index in [4.69, 9.17) is 0 Å². The van der Waals surface area contributed by atoms with Crippen molar-refractivity contribution in [3.8, 4) is 0 Å². The molecule has 1 aliphatic rings. The molecule has 1 amide bonds. The van der Waals surface area contributed by atoms with Crippen LogP contribution >= 0.6 is 0 Å². The highest BCUT2D eigenvalue weighted by atomic mass is 16.3. The molecule has 1 aromatic carbocycles. The summed E-state index contributed by atoms with van der Waals surface area (Å²) in [7, 11) is 0. The SMILES string of the molecule is CC1(C)C(O)CC1NC(=O)/C=C/c1ccccc1. The summed E-state index contributed by atoms with van der Waals surface area (Å²) in [4.78, 5) is 11.7. The Morgan fingerprint density at radius 3 is 2.61 bits per heavy atom. The van der Waals surface area contributed by atoms with Gasteiger partial charge in [-0.05, 0) is 18.1 Å². The van der Waals surface area contributed by atoms with E-state index in [-0.39, 0.29) is 23.5 Å². The van der Waals surface area contributed by atoms with Gasteiger partial charge in [-0.1, -0.05) is 44.2 Å². The molecule has 3 nitrogen and oxygen atoms in total. The molecule has 96 valence electrons. The Balaban J connectivity index is 1.89. The zero-order valence-electron chi connectivity index (χ0n) is 10.8. The maximum absolute atomic E-state index is 11.7. The summed E-state index contributed by atoms with van der Waals surface area (Å²) in [5, 5.41) is 12.5. The molecule has 3 heteroatoms. The number of hydrogen-bond donors (Lipinski definition) is 2. The Kier molecular flexibility index (Phi) is 3.53. The Labute approximate surface area is 108 Å². The molecule has 18 heavy (non-hydrogen) atoms. The largest absolute Gasteiger partial charge is 0.392 e. The van der Waals surface area contributed by atoms with Crippen molar-refractivity contribution in [2.24, 2.45) is 5.41 Å². The van der Waals surface area contributed by atoms with Crippen molar-refractivity contribution < 1.29 is 9.90 Å². The second-order valence-corrected chi connectivity index (χ2v) is 5.38. The molecular formula is C15H19NO2. The minimum absolute atomic E-state index is 0.0559. The molecule has 2 unspecified atom stereocenters. The predicted molar refractivity (Wildman–Crippen MR) is 71.8 cm³/mol. The van der Waals surface area contributed by atoms with Crippen LogP contribution in [-0.2, 0) is 4.79 Å². The van der Waals surface area contributed by atoms with E-state index in [9.17, 15) is 9.90 Å². The van der Waals surface area contributed by atoms with Crippen LogP contribution in [0.15, 0.2) is 36.4 Å². The Hall–Kier alpha value is -1.61. The van der Waals surface area contributed by atoms with Crippen molar-refractivity contribution in [2.45, 2.75) is 32.4 Å². The molecule has 0 aliphatic heterocycles. The number of rotatable bonds is 3. The van der Waals surface area contributed by atoms with E-state index in [1.54, 1.807) is 6.08 Å². The van der Waals surface area contributed by atoms with E-state index in [1.165, 1.54) is 6.08 Å². The minimum atomic E-state index is -0.319. The molecular weight excluding hydrogens is 226 g/mol.